The third-order valence-corrected chi connectivity index (χ3v) is 3.85. The van der Waals surface area contributed by atoms with Crippen molar-refractivity contribution in [3.05, 3.63) is 51.5 Å². The predicted molar refractivity (Wildman–Crippen MR) is 83.6 cm³/mol. The highest BCUT2D eigenvalue weighted by Crippen LogP contribution is 2.29. The molecule has 0 aliphatic heterocycles. The second-order valence-corrected chi connectivity index (χ2v) is 6.65. The second-order valence-electron chi connectivity index (χ2n) is 5.83. The standard InChI is InChI=1S/C15H19ClN2S/c1-10(11-6-5-7-12(16)8-11)18-13(15(2,3)4)9-17-14(18)19/h5-10H,1-4H3,(H,17,19). The monoisotopic (exact) mass is 294 g/mol. The van der Waals surface area contributed by atoms with Gasteiger partial charge < -0.3 is 9.55 Å². The van der Waals surface area contributed by atoms with E-state index in [1.165, 1.54) is 5.69 Å². The van der Waals surface area contributed by atoms with Crippen LogP contribution in [-0.4, -0.2) is 9.55 Å². The van der Waals surface area contributed by atoms with E-state index in [9.17, 15) is 0 Å². The summed E-state index contributed by atoms with van der Waals surface area (Å²) in [5.41, 5.74) is 2.40. The van der Waals surface area contributed by atoms with Crippen LogP contribution in [0.5, 0.6) is 0 Å². The number of H-pyrrole nitrogens is 1. The number of nitrogens with zero attached hydrogens (tertiary/aromatic N) is 1. The number of hydrogen-bond donors (Lipinski definition) is 1. The summed E-state index contributed by atoms with van der Waals surface area (Å²) < 4.78 is 2.92. The van der Waals surface area contributed by atoms with Crippen LogP contribution in [0.15, 0.2) is 30.5 Å². The molecule has 1 atom stereocenters. The number of benzene rings is 1. The first-order valence-corrected chi connectivity index (χ1v) is 7.15. The van der Waals surface area contributed by atoms with Gasteiger partial charge in [0.1, 0.15) is 0 Å². The lowest BCUT2D eigenvalue weighted by molar-refractivity contribution is 0.495. The van der Waals surface area contributed by atoms with Gasteiger partial charge in [0, 0.05) is 22.3 Å². The number of rotatable bonds is 2. The van der Waals surface area contributed by atoms with E-state index in [2.05, 4.69) is 43.3 Å². The van der Waals surface area contributed by atoms with Crippen LogP contribution in [0.1, 0.15) is 45.0 Å². The van der Waals surface area contributed by atoms with E-state index >= 15 is 0 Å². The molecule has 0 fully saturated rings. The van der Waals surface area contributed by atoms with E-state index in [0.29, 0.717) is 0 Å². The minimum atomic E-state index is 0.0421. The Morgan fingerprint density at radius 1 is 1.32 bits per heavy atom. The van der Waals surface area contributed by atoms with Gasteiger partial charge in [0.25, 0.3) is 0 Å². The van der Waals surface area contributed by atoms with Gasteiger partial charge in [-0.3, -0.25) is 0 Å². The molecule has 1 aromatic heterocycles. The van der Waals surface area contributed by atoms with Gasteiger partial charge in [0.05, 0.1) is 6.04 Å². The molecule has 0 aliphatic rings. The number of imidazole rings is 1. The molecule has 1 aromatic carbocycles. The molecule has 0 bridgehead atoms. The minimum absolute atomic E-state index is 0.0421. The third-order valence-electron chi connectivity index (χ3n) is 3.30. The molecule has 0 saturated carbocycles. The molecule has 0 amide bonds. The summed E-state index contributed by atoms with van der Waals surface area (Å²) in [6, 6.07) is 8.09. The van der Waals surface area contributed by atoms with Crippen LogP contribution in [-0.2, 0) is 5.41 Å². The van der Waals surface area contributed by atoms with Crippen LogP contribution >= 0.6 is 23.8 Å². The van der Waals surface area contributed by atoms with Gasteiger partial charge in [-0.25, -0.2) is 0 Å². The predicted octanol–water partition coefficient (Wildman–Crippen LogP) is 5.11. The Hall–Kier alpha value is -1.06. The highest BCUT2D eigenvalue weighted by Gasteiger charge is 2.22. The fraction of sp³-hybridized carbons (Fsp3) is 0.400. The van der Waals surface area contributed by atoms with E-state index in [0.717, 1.165) is 15.4 Å². The van der Waals surface area contributed by atoms with Crippen LogP contribution in [0.4, 0.5) is 0 Å². The van der Waals surface area contributed by atoms with E-state index in [1.54, 1.807) is 0 Å². The van der Waals surface area contributed by atoms with Crippen molar-refractivity contribution >= 4 is 23.8 Å². The fourth-order valence-corrected chi connectivity index (χ4v) is 2.77. The van der Waals surface area contributed by atoms with Crippen molar-refractivity contribution in [3.8, 4) is 0 Å². The van der Waals surface area contributed by atoms with Crippen LogP contribution < -0.4 is 0 Å². The average Bonchev–Trinajstić information content (AvgIpc) is 2.70. The first-order valence-electron chi connectivity index (χ1n) is 6.36. The first kappa shape index (κ1) is 14.4. The molecule has 1 N–H and O–H groups in total. The zero-order chi connectivity index (χ0) is 14.2. The molecule has 2 aromatic rings. The molecular weight excluding hydrogens is 276 g/mol. The van der Waals surface area contributed by atoms with E-state index in [-0.39, 0.29) is 11.5 Å². The zero-order valence-corrected chi connectivity index (χ0v) is 13.3. The molecule has 0 aliphatic carbocycles. The van der Waals surface area contributed by atoms with Crippen molar-refractivity contribution in [2.45, 2.75) is 39.2 Å². The second kappa shape index (κ2) is 5.14. The molecule has 19 heavy (non-hydrogen) atoms. The lowest BCUT2D eigenvalue weighted by atomic mass is 9.92. The highest BCUT2D eigenvalue weighted by molar-refractivity contribution is 7.71. The smallest absolute Gasteiger partial charge is 0.177 e. The third kappa shape index (κ3) is 2.93. The molecule has 1 unspecified atom stereocenters. The van der Waals surface area contributed by atoms with E-state index < -0.39 is 0 Å². The Bertz CT molecular complexity index is 634. The lowest BCUT2D eigenvalue weighted by Crippen LogP contribution is -2.20. The number of hydrogen-bond acceptors (Lipinski definition) is 1. The SMILES string of the molecule is CC(c1cccc(Cl)c1)n1c(C(C)(C)C)c[nH]c1=S. The Balaban J connectivity index is 2.53. The number of aromatic amines is 1. The maximum Gasteiger partial charge on any atom is 0.177 e. The van der Waals surface area contributed by atoms with E-state index in [4.69, 9.17) is 23.8 Å². The molecule has 0 radical (unpaired) electrons. The summed E-state index contributed by atoms with van der Waals surface area (Å²) in [5, 5.41) is 0.753. The normalized spacial score (nSPS) is 13.5. The Morgan fingerprint density at radius 3 is 2.58 bits per heavy atom. The molecule has 1 heterocycles. The first-order chi connectivity index (χ1) is 8.80. The number of halogens is 1. The van der Waals surface area contributed by atoms with E-state index in [1.807, 2.05) is 24.4 Å². The summed E-state index contributed by atoms with van der Waals surface area (Å²) >= 11 is 11.5. The molecular formula is C15H19ClN2S. The highest BCUT2D eigenvalue weighted by atomic mass is 35.5. The Labute approximate surface area is 124 Å². The molecule has 102 valence electrons. The van der Waals surface area contributed by atoms with Crippen molar-refractivity contribution in [1.29, 1.82) is 0 Å². The van der Waals surface area contributed by atoms with Gasteiger partial charge in [0.15, 0.2) is 4.77 Å². The van der Waals surface area contributed by atoms with Crippen molar-refractivity contribution in [3.63, 3.8) is 0 Å². The van der Waals surface area contributed by atoms with Crippen LogP contribution in [0.2, 0.25) is 5.02 Å². The van der Waals surface area contributed by atoms with Gasteiger partial charge in [-0.15, -0.1) is 0 Å². The number of aromatic nitrogens is 2. The molecule has 2 nitrogen and oxygen atoms in total. The summed E-state index contributed by atoms with van der Waals surface area (Å²) in [5.74, 6) is 0. The van der Waals surface area contributed by atoms with Crippen LogP contribution in [0, 0.1) is 4.77 Å². The maximum atomic E-state index is 6.08. The van der Waals surface area contributed by atoms with Crippen molar-refractivity contribution in [1.82, 2.24) is 9.55 Å². The quantitative estimate of drug-likeness (QED) is 0.764. The Morgan fingerprint density at radius 2 is 2.00 bits per heavy atom. The molecule has 2 rings (SSSR count). The summed E-state index contributed by atoms with van der Waals surface area (Å²) in [6.07, 6.45) is 2.00. The van der Waals surface area contributed by atoms with Gasteiger partial charge >= 0.3 is 0 Å². The van der Waals surface area contributed by atoms with Gasteiger partial charge in [-0.1, -0.05) is 44.5 Å². The summed E-state index contributed by atoms with van der Waals surface area (Å²) in [6.45, 7) is 8.70. The maximum absolute atomic E-state index is 6.08. The van der Waals surface area contributed by atoms with Crippen LogP contribution in [0.25, 0.3) is 0 Å². The lowest BCUT2D eigenvalue weighted by Gasteiger charge is -2.25. The summed E-state index contributed by atoms with van der Waals surface area (Å²) in [7, 11) is 0. The molecule has 0 spiro atoms. The van der Waals surface area contributed by atoms with Gasteiger partial charge in [0.2, 0.25) is 0 Å². The van der Waals surface area contributed by atoms with Crippen molar-refractivity contribution in [2.75, 3.05) is 0 Å². The van der Waals surface area contributed by atoms with Gasteiger partial charge in [-0.2, -0.15) is 0 Å². The average molecular weight is 295 g/mol. The van der Waals surface area contributed by atoms with Crippen molar-refractivity contribution in [2.24, 2.45) is 0 Å². The van der Waals surface area contributed by atoms with Gasteiger partial charge in [-0.05, 0) is 36.8 Å². The fourth-order valence-electron chi connectivity index (χ4n) is 2.26. The van der Waals surface area contributed by atoms with Crippen molar-refractivity contribution < 1.29 is 0 Å². The number of nitrogens with one attached hydrogen (secondary N) is 1. The van der Waals surface area contributed by atoms with Crippen LogP contribution in [0.3, 0.4) is 0 Å². The summed E-state index contributed by atoms with van der Waals surface area (Å²) in [4.78, 5) is 3.15. The zero-order valence-electron chi connectivity index (χ0n) is 11.7. The largest absolute Gasteiger partial charge is 0.337 e. The Kier molecular flexibility index (Phi) is 3.88. The molecule has 0 saturated heterocycles. The molecule has 4 heteroatoms. The topological polar surface area (TPSA) is 20.7 Å². The minimum Gasteiger partial charge on any atom is -0.337 e.